The minimum absolute atomic E-state index is 0.165. The molecule has 10 heteroatoms. The first-order chi connectivity index (χ1) is 18.4. The van der Waals surface area contributed by atoms with Gasteiger partial charge in [-0.3, -0.25) is 19.7 Å². The lowest BCUT2D eigenvalue weighted by atomic mass is 10.1. The second kappa shape index (κ2) is 10.8. The number of ether oxygens (including phenoxy) is 1. The molecule has 0 atom stereocenters. The zero-order valence-electron chi connectivity index (χ0n) is 20.9. The van der Waals surface area contributed by atoms with Crippen LogP contribution in [0.4, 0.5) is 4.39 Å². The molecular weight excluding hydrogens is 507 g/mol. The molecule has 0 bridgehead atoms. The SMILES string of the molecule is COc1cc(CS(=O)(=O)c2cccc3cccnc23)ccc1C(=O)N1CCN(Cc2ncccc2F)CC1. The van der Waals surface area contributed by atoms with Crippen molar-refractivity contribution in [3.05, 3.63) is 95.7 Å². The molecule has 0 saturated carbocycles. The van der Waals surface area contributed by atoms with Crippen LogP contribution in [0.1, 0.15) is 21.6 Å². The number of benzene rings is 2. The number of para-hydroxylation sites is 1. The fourth-order valence-electron chi connectivity index (χ4n) is 4.65. The van der Waals surface area contributed by atoms with Crippen molar-refractivity contribution in [1.82, 2.24) is 19.8 Å². The Morgan fingerprint density at radius 3 is 2.47 bits per heavy atom. The van der Waals surface area contributed by atoms with Crippen LogP contribution in [0.15, 0.2) is 78.0 Å². The van der Waals surface area contributed by atoms with Gasteiger partial charge in [0.1, 0.15) is 11.6 Å². The van der Waals surface area contributed by atoms with Crippen LogP contribution in [0, 0.1) is 5.82 Å². The van der Waals surface area contributed by atoms with Gasteiger partial charge in [-0.2, -0.15) is 0 Å². The summed E-state index contributed by atoms with van der Waals surface area (Å²) in [4.78, 5) is 25.6. The van der Waals surface area contributed by atoms with E-state index in [0.717, 1.165) is 5.39 Å². The van der Waals surface area contributed by atoms with Crippen molar-refractivity contribution in [2.75, 3.05) is 33.3 Å². The van der Waals surface area contributed by atoms with E-state index in [9.17, 15) is 17.6 Å². The number of hydrogen-bond acceptors (Lipinski definition) is 7. The molecule has 0 aliphatic carbocycles. The van der Waals surface area contributed by atoms with Gasteiger partial charge in [0.25, 0.3) is 5.91 Å². The predicted octanol–water partition coefficient (Wildman–Crippen LogP) is 3.71. The van der Waals surface area contributed by atoms with Crippen molar-refractivity contribution < 1.29 is 22.3 Å². The van der Waals surface area contributed by atoms with Gasteiger partial charge >= 0.3 is 0 Å². The molecule has 5 rings (SSSR count). The number of sulfone groups is 1. The van der Waals surface area contributed by atoms with E-state index in [4.69, 9.17) is 4.74 Å². The molecule has 4 aromatic rings. The van der Waals surface area contributed by atoms with Gasteiger partial charge < -0.3 is 9.64 Å². The quantitative estimate of drug-likeness (QED) is 0.357. The van der Waals surface area contributed by atoms with Gasteiger partial charge in [-0.1, -0.05) is 24.3 Å². The molecule has 3 heterocycles. The van der Waals surface area contributed by atoms with Crippen LogP contribution in [0.2, 0.25) is 0 Å². The number of pyridine rings is 2. The van der Waals surface area contributed by atoms with Crippen LogP contribution in [0.5, 0.6) is 5.75 Å². The highest BCUT2D eigenvalue weighted by Gasteiger charge is 2.26. The molecule has 0 N–H and O–H groups in total. The predicted molar refractivity (Wildman–Crippen MR) is 141 cm³/mol. The number of aromatic nitrogens is 2. The van der Waals surface area contributed by atoms with E-state index in [1.54, 1.807) is 59.8 Å². The largest absolute Gasteiger partial charge is 0.496 e. The molecule has 1 amide bonds. The summed E-state index contributed by atoms with van der Waals surface area (Å²) in [5.41, 5.74) is 1.69. The lowest BCUT2D eigenvalue weighted by Crippen LogP contribution is -2.48. The zero-order valence-corrected chi connectivity index (χ0v) is 21.7. The molecule has 1 aliphatic rings. The summed E-state index contributed by atoms with van der Waals surface area (Å²) >= 11 is 0. The molecule has 1 aliphatic heterocycles. The number of fused-ring (bicyclic) bond motifs is 1. The Hall–Kier alpha value is -3.89. The number of halogens is 1. The van der Waals surface area contributed by atoms with E-state index >= 15 is 0 Å². The molecule has 0 unspecified atom stereocenters. The summed E-state index contributed by atoms with van der Waals surface area (Å²) in [7, 11) is -2.25. The Morgan fingerprint density at radius 2 is 1.71 bits per heavy atom. The Morgan fingerprint density at radius 1 is 0.974 bits per heavy atom. The first kappa shape index (κ1) is 25.7. The number of nitrogens with zero attached hydrogens (tertiary/aromatic N) is 4. The van der Waals surface area contributed by atoms with Crippen LogP contribution in [0.25, 0.3) is 10.9 Å². The Labute approximate surface area is 220 Å². The molecule has 8 nitrogen and oxygen atoms in total. The van der Waals surface area contributed by atoms with Crippen molar-refractivity contribution in [1.29, 1.82) is 0 Å². The van der Waals surface area contributed by atoms with Crippen molar-refractivity contribution in [3.63, 3.8) is 0 Å². The summed E-state index contributed by atoms with van der Waals surface area (Å²) in [5.74, 6) is -0.472. The van der Waals surface area contributed by atoms with Crippen LogP contribution >= 0.6 is 0 Å². The van der Waals surface area contributed by atoms with Crippen LogP contribution in [0.3, 0.4) is 0 Å². The second-order valence-corrected chi connectivity index (χ2v) is 11.1. The van der Waals surface area contributed by atoms with Crippen LogP contribution in [-0.2, 0) is 22.1 Å². The molecular formula is C28H27FN4O4S. The molecule has 2 aromatic carbocycles. The Kier molecular flexibility index (Phi) is 7.35. The van der Waals surface area contributed by atoms with Gasteiger partial charge in [0.2, 0.25) is 0 Å². The highest BCUT2D eigenvalue weighted by Crippen LogP contribution is 2.28. The topological polar surface area (TPSA) is 92.7 Å². The average molecular weight is 535 g/mol. The fourth-order valence-corrected chi connectivity index (χ4v) is 6.18. The van der Waals surface area contributed by atoms with Crippen molar-refractivity contribution in [2.24, 2.45) is 0 Å². The van der Waals surface area contributed by atoms with E-state index < -0.39 is 9.84 Å². The number of carbonyl (C=O) groups is 1. The molecule has 2 aromatic heterocycles. The van der Waals surface area contributed by atoms with Crippen molar-refractivity contribution >= 4 is 26.6 Å². The highest BCUT2D eigenvalue weighted by molar-refractivity contribution is 7.90. The first-order valence-corrected chi connectivity index (χ1v) is 13.9. The summed E-state index contributed by atoms with van der Waals surface area (Å²) < 4.78 is 46.0. The Bertz CT molecular complexity index is 1580. The molecule has 1 saturated heterocycles. The fraction of sp³-hybridized carbons (Fsp3) is 0.250. The van der Waals surface area contributed by atoms with E-state index in [-0.39, 0.29) is 22.4 Å². The minimum atomic E-state index is -3.70. The van der Waals surface area contributed by atoms with Gasteiger partial charge in [-0.05, 0) is 42.0 Å². The normalized spacial score (nSPS) is 14.5. The van der Waals surface area contributed by atoms with E-state index in [2.05, 4.69) is 14.9 Å². The molecule has 1 fully saturated rings. The van der Waals surface area contributed by atoms with E-state index in [1.807, 2.05) is 12.1 Å². The van der Waals surface area contributed by atoms with E-state index in [1.165, 1.54) is 13.2 Å². The molecule has 38 heavy (non-hydrogen) atoms. The molecule has 196 valence electrons. The standard InChI is InChI=1S/C28H27FN4O4S/c1-37-25-17-20(19-38(35,36)26-8-2-5-21-6-3-12-31-27(21)26)9-10-22(25)28(34)33-15-13-32(14-16-33)18-24-23(29)7-4-11-30-24/h2-12,17H,13-16,18-19H2,1H3. The Balaban J connectivity index is 1.29. The number of carbonyl (C=O) groups excluding carboxylic acids is 1. The lowest BCUT2D eigenvalue weighted by molar-refractivity contribution is 0.0622. The maximum atomic E-state index is 13.9. The van der Waals surface area contributed by atoms with Crippen molar-refractivity contribution in [2.45, 2.75) is 17.2 Å². The van der Waals surface area contributed by atoms with Gasteiger partial charge in [0, 0.05) is 50.5 Å². The van der Waals surface area contributed by atoms with Gasteiger partial charge in [-0.15, -0.1) is 0 Å². The summed E-state index contributed by atoms with van der Waals surface area (Å²) in [6.45, 7) is 2.49. The number of rotatable bonds is 7. The monoisotopic (exact) mass is 534 g/mol. The maximum absolute atomic E-state index is 13.9. The van der Waals surface area contributed by atoms with Crippen LogP contribution < -0.4 is 4.74 Å². The minimum Gasteiger partial charge on any atom is -0.496 e. The average Bonchev–Trinajstić information content (AvgIpc) is 2.93. The summed E-state index contributed by atoms with van der Waals surface area (Å²) in [6, 6.07) is 16.5. The van der Waals surface area contributed by atoms with Gasteiger partial charge in [0.15, 0.2) is 9.84 Å². The lowest BCUT2D eigenvalue weighted by Gasteiger charge is -2.34. The van der Waals surface area contributed by atoms with E-state index in [0.29, 0.717) is 60.8 Å². The number of piperazine rings is 1. The smallest absolute Gasteiger partial charge is 0.257 e. The molecule has 0 radical (unpaired) electrons. The maximum Gasteiger partial charge on any atom is 0.257 e. The summed E-state index contributed by atoms with van der Waals surface area (Å²) in [5, 5.41) is 0.748. The number of amides is 1. The molecule has 0 spiro atoms. The number of methoxy groups -OCH3 is 1. The third-order valence-corrected chi connectivity index (χ3v) is 8.36. The van der Waals surface area contributed by atoms with Crippen LogP contribution in [-0.4, -0.2) is 67.4 Å². The summed E-state index contributed by atoms with van der Waals surface area (Å²) in [6.07, 6.45) is 3.14. The van der Waals surface area contributed by atoms with Gasteiger partial charge in [0.05, 0.1) is 34.5 Å². The number of hydrogen-bond donors (Lipinski definition) is 0. The third-order valence-electron chi connectivity index (χ3n) is 6.65. The highest BCUT2D eigenvalue weighted by atomic mass is 32.2. The third kappa shape index (κ3) is 5.36. The first-order valence-electron chi connectivity index (χ1n) is 12.2. The van der Waals surface area contributed by atoms with Gasteiger partial charge in [-0.25, -0.2) is 12.8 Å². The zero-order chi connectivity index (χ0) is 26.7. The van der Waals surface area contributed by atoms with Crippen molar-refractivity contribution in [3.8, 4) is 5.75 Å². The second-order valence-electron chi connectivity index (χ2n) is 9.13.